The third kappa shape index (κ3) is 7.98. The fourth-order valence-electron chi connectivity index (χ4n) is 3.99. The molecule has 2 amide bonds. The SMILES string of the molecule is CCCCCCCCCOc1ccc(C2NC(=O)NC(CCC)=C2C(=O)OCC)cc1OC. The van der Waals surface area contributed by atoms with Gasteiger partial charge in [-0.1, -0.05) is 64.9 Å². The zero-order chi connectivity index (χ0) is 24.1. The monoisotopic (exact) mass is 460 g/mol. The molecular formula is C26H40N2O5. The largest absolute Gasteiger partial charge is 0.493 e. The molecule has 33 heavy (non-hydrogen) atoms. The highest BCUT2D eigenvalue weighted by atomic mass is 16.5. The lowest BCUT2D eigenvalue weighted by Crippen LogP contribution is -2.46. The number of hydrogen-bond donors (Lipinski definition) is 2. The Bertz CT molecular complexity index is 806. The van der Waals surface area contributed by atoms with Gasteiger partial charge < -0.3 is 24.8 Å². The summed E-state index contributed by atoms with van der Waals surface area (Å²) in [5.74, 6) is 0.795. The minimum absolute atomic E-state index is 0.261. The molecule has 0 bridgehead atoms. The van der Waals surface area contributed by atoms with E-state index in [9.17, 15) is 9.59 Å². The van der Waals surface area contributed by atoms with E-state index in [1.165, 1.54) is 32.1 Å². The summed E-state index contributed by atoms with van der Waals surface area (Å²) in [5.41, 5.74) is 1.77. The summed E-state index contributed by atoms with van der Waals surface area (Å²) in [6.07, 6.45) is 9.91. The van der Waals surface area contributed by atoms with Crippen LogP contribution in [0.2, 0.25) is 0 Å². The molecule has 2 rings (SSSR count). The molecule has 1 aliphatic rings. The number of ether oxygens (including phenoxy) is 3. The normalized spacial score (nSPS) is 15.6. The van der Waals surface area contributed by atoms with Crippen molar-refractivity contribution in [3.63, 3.8) is 0 Å². The predicted molar refractivity (Wildman–Crippen MR) is 129 cm³/mol. The van der Waals surface area contributed by atoms with Crippen LogP contribution in [0.25, 0.3) is 0 Å². The molecule has 0 aromatic heterocycles. The Balaban J connectivity index is 2.12. The van der Waals surface area contributed by atoms with E-state index in [0.717, 1.165) is 24.8 Å². The van der Waals surface area contributed by atoms with E-state index >= 15 is 0 Å². The summed E-state index contributed by atoms with van der Waals surface area (Å²) in [6, 6.07) is 4.56. The number of nitrogens with one attached hydrogen (secondary N) is 2. The zero-order valence-corrected chi connectivity index (χ0v) is 20.6. The molecule has 0 spiro atoms. The van der Waals surface area contributed by atoms with E-state index in [2.05, 4.69) is 17.6 Å². The molecule has 184 valence electrons. The Morgan fingerprint density at radius 3 is 2.36 bits per heavy atom. The highest BCUT2D eigenvalue weighted by Gasteiger charge is 2.33. The number of hydrogen-bond acceptors (Lipinski definition) is 5. The third-order valence-corrected chi connectivity index (χ3v) is 5.68. The van der Waals surface area contributed by atoms with Crippen LogP contribution in [0.15, 0.2) is 29.5 Å². The molecule has 0 saturated carbocycles. The maximum Gasteiger partial charge on any atom is 0.338 e. The van der Waals surface area contributed by atoms with Gasteiger partial charge in [-0.25, -0.2) is 9.59 Å². The van der Waals surface area contributed by atoms with Crippen molar-refractivity contribution in [1.29, 1.82) is 0 Å². The summed E-state index contributed by atoms with van der Waals surface area (Å²) < 4.78 is 16.8. The Morgan fingerprint density at radius 1 is 0.970 bits per heavy atom. The molecule has 1 heterocycles. The van der Waals surface area contributed by atoms with Crippen LogP contribution < -0.4 is 20.1 Å². The fraction of sp³-hybridized carbons (Fsp3) is 0.615. The first-order chi connectivity index (χ1) is 16.0. The van der Waals surface area contributed by atoms with E-state index in [0.29, 0.717) is 35.8 Å². The second-order valence-electron chi connectivity index (χ2n) is 8.27. The van der Waals surface area contributed by atoms with Crippen molar-refractivity contribution < 1.29 is 23.8 Å². The minimum atomic E-state index is -0.620. The molecule has 1 atom stereocenters. The number of urea groups is 1. The van der Waals surface area contributed by atoms with Crippen LogP contribution in [0, 0.1) is 0 Å². The summed E-state index contributed by atoms with van der Waals surface area (Å²) in [5, 5.41) is 5.63. The molecule has 1 aromatic rings. The molecule has 7 heteroatoms. The van der Waals surface area contributed by atoms with Gasteiger partial charge >= 0.3 is 12.0 Å². The van der Waals surface area contributed by atoms with E-state index in [4.69, 9.17) is 14.2 Å². The van der Waals surface area contributed by atoms with E-state index in [1.54, 1.807) is 14.0 Å². The number of rotatable bonds is 15. The maximum atomic E-state index is 12.8. The van der Waals surface area contributed by atoms with Gasteiger partial charge in [-0.2, -0.15) is 0 Å². The zero-order valence-electron chi connectivity index (χ0n) is 20.6. The lowest BCUT2D eigenvalue weighted by atomic mass is 9.93. The number of carbonyl (C=O) groups excluding carboxylic acids is 2. The van der Waals surface area contributed by atoms with Gasteiger partial charge in [0, 0.05) is 5.70 Å². The average Bonchev–Trinajstić information content (AvgIpc) is 2.80. The Morgan fingerprint density at radius 2 is 1.70 bits per heavy atom. The Labute approximate surface area is 198 Å². The van der Waals surface area contributed by atoms with Crippen LogP contribution in [0.4, 0.5) is 4.79 Å². The number of esters is 1. The van der Waals surface area contributed by atoms with Crippen LogP contribution in [0.5, 0.6) is 11.5 Å². The first kappa shape index (κ1) is 26.6. The van der Waals surface area contributed by atoms with Gasteiger partial charge in [-0.15, -0.1) is 0 Å². The van der Waals surface area contributed by atoms with Crippen molar-refractivity contribution in [1.82, 2.24) is 10.6 Å². The van der Waals surface area contributed by atoms with Crippen molar-refractivity contribution in [3.8, 4) is 11.5 Å². The van der Waals surface area contributed by atoms with Gasteiger partial charge in [-0.3, -0.25) is 0 Å². The van der Waals surface area contributed by atoms with Crippen molar-refractivity contribution in [3.05, 3.63) is 35.0 Å². The van der Waals surface area contributed by atoms with E-state index < -0.39 is 12.0 Å². The van der Waals surface area contributed by atoms with Crippen LogP contribution in [-0.2, 0) is 9.53 Å². The predicted octanol–water partition coefficient (Wildman–Crippen LogP) is 5.80. The number of carbonyl (C=O) groups is 2. The maximum absolute atomic E-state index is 12.8. The van der Waals surface area contributed by atoms with E-state index in [-0.39, 0.29) is 12.6 Å². The smallest absolute Gasteiger partial charge is 0.338 e. The molecule has 1 unspecified atom stereocenters. The molecular weight excluding hydrogens is 420 g/mol. The van der Waals surface area contributed by atoms with Crippen molar-refractivity contribution in [2.75, 3.05) is 20.3 Å². The molecule has 2 N–H and O–H groups in total. The van der Waals surface area contributed by atoms with Gasteiger partial charge in [-0.05, 0) is 37.5 Å². The first-order valence-corrected chi connectivity index (χ1v) is 12.3. The second kappa shape index (κ2) is 14.4. The quantitative estimate of drug-likeness (QED) is 0.255. The summed E-state index contributed by atoms with van der Waals surface area (Å²) in [7, 11) is 1.59. The lowest BCUT2D eigenvalue weighted by molar-refractivity contribution is -0.139. The van der Waals surface area contributed by atoms with Gasteiger partial charge in [0.25, 0.3) is 0 Å². The molecule has 0 fully saturated rings. The van der Waals surface area contributed by atoms with Gasteiger partial charge in [0.1, 0.15) is 0 Å². The number of benzene rings is 1. The molecule has 7 nitrogen and oxygen atoms in total. The average molecular weight is 461 g/mol. The topological polar surface area (TPSA) is 85.9 Å². The van der Waals surface area contributed by atoms with Crippen molar-refractivity contribution in [2.24, 2.45) is 0 Å². The third-order valence-electron chi connectivity index (χ3n) is 5.68. The molecule has 0 radical (unpaired) electrons. The van der Waals surface area contributed by atoms with Crippen LogP contribution in [-0.4, -0.2) is 32.3 Å². The van der Waals surface area contributed by atoms with Crippen molar-refractivity contribution >= 4 is 12.0 Å². The number of amides is 2. The summed E-state index contributed by atoms with van der Waals surface area (Å²) >= 11 is 0. The Kier molecular flexibility index (Phi) is 11.6. The van der Waals surface area contributed by atoms with Crippen LogP contribution >= 0.6 is 0 Å². The second-order valence-corrected chi connectivity index (χ2v) is 8.27. The minimum Gasteiger partial charge on any atom is -0.493 e. The van der Waals surface area contributed by atoms with Crippen LogP contribution in [0.1, 0.15) is 90.2 Å². The summed E-state index contributed by atoms with van der Waals surface area (Å²) in [4.78, 5) is 25.1. The first-order valence-electron chi connectivity index (χ1n) is 12.3. The van der Waals surface area contributed by atoms with Gasteiger partial charge in [0.2, 0.25) is 0 Å². The number of methoxy groups -OCH3 is 1. The van der Waals surface area contributed by atoms with Gasteiger partial charge in [0.05, 0.1) is 31.9 Å². The number of allylic oxidation sites excluding steroid dienone is 1. The summed E-state index contributed by atoms with van der Waals surface area (Å²) in [6.45, 7) is 6.88. The van der Waals surface area contributed by atoms with Crippen molar-refractivity contribution in [2.45, 2.75) is 84.6 Å². The highest BCUT2D eigenvalue weighted by Crippen LogP contribution is 2.35. The molecule has 1 aromatic carbocycles. The van der Waals surface area contributed by atoms with E-state index in [1.807, 2.05) is 25.1 Å². The Hall–Kier alpha value is -2.70. The molecule has 1 aliphatic heterocycles. The highest BCUT2D eigenvalue weighted by molar-refractivity contribution is 5.95. The molecule has 0 aliphatic carbocycles. The fourth-order valence-corrected chi connectivity index (χ4v) is 3.99. The number of unbranched alkanes of at least 4 members (excludes halogenated alkanes) is 6. The van der Waals surface area contributed by atoms with Crippen LogP contribution in [0.3, 0.4) is 0 Å². The standard InChI is InChI=1S/C26H40N2O5/c1-5-8-9-10-11-12-13-17-33-21-16-15-19(18-22(21)31-4)24-23(25(29)32-7-3)20(14-6-2)27-26(30)28-24/h15-16,18,24H,5-14,17H2,1-4H3,(H2,27,28,30). The molecule has 0 saturated heterocycles. The lowest BCUT2D eigenvalue weighted by Gasteiger charge is -2.29. The van der Waals surface area contributed by atoms with Gasteiger partial charge in [0.15, 0.2) is 11.5 Å².